The maximum absolute atomic E-state index is 12.6. The van der Waals surface area contributed by atoms with Crippen LogP contribution in [0, 0.1) is 6.92 Å². The summed E-state index contributed by atoms with van der Waals surface area (Å²) >= 11 is 0. The summed E-state index contributed by atoms with van der Waals surface area (Å²) in [5.41, 5.74) is 2.62. The summed E-state index contributed by atoms with van der Waals surface area (Å²) in [5, 5.41) is 0. The summed E-state index contributed by atoms with van der Waals surface area (Å²) in [6.45, 7) is 4.00. The molecule has 2 rings (SSSR count). The van der Waals surface area contributed by atoms with Gasteiger partial charge in [0.15, 0.2) is 0 Å². The fraction of sp³-hybridized carbons (Fsp3) is 0.333. The number of sulfonamides is 1. The Morgan fingerprint density at radius 1 is 1.09 bits per heavy atom. The van der Waals surface area contributed by atoms with Crippen molar-refractivity contribution in [2.24, 2.45) is 0 Å². The van der Waals surface area contributed by atoms with E-state index >= 15 is 0 Å². The summed E-state index contributed by atoms with van der Waals surface area (Å²) < 4.78 is 33.0. The van der Waals surface area contributed by atoms with Gasteiger partial charge in [0.05, 0.1) is 7.11 Å². The Hall–Kier alpha value is -2.01. The van der Waals surface area contributed by atoms with E-state index in [2.05, 4.69) is 11.6 Å². The predicted molar refractivity (Wildman–Crippen MR) is 93.6 cm³/mol. The van der Waals surface area contributed by atoms with Crippen molar-refractivity contribution in [1.82, 2.24) is 0 Å². The van der Waals surface area contributed by atoms with Gasteiger partial charge < -0.3 is 4.74 Å². The highest BCUT2D eigenvalue weighted by Crippen LogP contribution is 2.27. The molecule has 4 nitrogen and oxygen atoms in total. The Morgan fingerprint density at radius 2 is 1.78 bits per heavy atom. The van der Waals surface area contributed by atoms with Gasteiger partial charge in [0.2, 0.25) is 0 Å². The number of anilines is 1. The second kappa shape index (κ2) is 7.51. The van der Waals surface area contributed by atoms with Gasteiger partial charge in [-0.15, -0.1) is 0 Å². The molecule has 0 aliphatic carbocycles. The number of hydrogen-bond acceptors (Lipinski definition) is 3. The Labute approximate surface area is 138 Å². The molecule has 0 aromatic heterocycles. The van der Waals surface area contributed by atoms with Crippen molar-refractivity contribution >= 4 is 15.7 Å². The summed E-state index contributed by atoms with van der Waals surface area (Å²) in [6, 6.07) is 12.6. The van der Waals surface area contributed by atoms with Crippen LogP contribution in [0.1, 0.15) is 30.9 Å². The fourth-order valence-electron chi connectivity index (χ4n) is 2.32. The van der Waals surface area contributed by atoms with Crippen LogP contribution in [0.4, 0.5) is 5.69 Å². The van der Waals surface area contributed by atoms with Gasteiger partial charge in [-0.1, -0.05) is 31.5 Å². The summed E-state index contributed by atoms with van der Waals surface area (Å²) in [6.07, 6.45) is 3.28. The van der Waals surface area contributed by atoms with E-state index in [1.165, 1.54) is 12.7 Å². The van der Waals surface area contributed by atoms with E-state index in [1.807, 2.05) is 25.1 Å². The Balaban J connectivity index is 2.23. The molecule has 0 heterocycles. The molecule has 0 radical (unpaired) electrons. The molecule has 0 aliphatic heterocycles. The van der Waals surface area contributed by atoms with E-state index in [4.69, 9.17) is 4.74 Å². The van der Waals surface area contributed by atoms with Crippen molar-refractivity contribution in [2.75, 3.05) is 11.8 Å². The first-order valence-corrected chi connectivity index (χ1v) is 9.21. The molecule has 2 aromatic carbocycles. The average Bonchev–Trinajstić information content (AvgIpc) is 2.54. The highest BCUT2D eigenvalue weighted by atomic mass is 32.2. The number of methoxy groups -OCH3 is 1. The van der Waals surface area contributed by atoms with Gasteiger partial charge in [0.25, 0.3) is 10.0 Å². The molecule has 0 unspecified atom stereocenters. The second-order valence-corrected chi connectivity index (χ2v) is 7.21. The monoisotopic (exact) mass is 333 g/mol. The molecular formula is C18H23NO3S. The van der Waals surface area contributed by atoms with Crippen molar-refractivity contribution in [2.45, 2.75) is 38.0 Å². The van der Waals surface area contributed by atoms with Gasteiger partial charge in [-0.3, -0.25) is 4.72 Å². The van der Waals surface area contributed by atoms with Gasteiger partial charge in [-0.25, -0.2) is 8.42 Å². The topological polar surface area (TPSA) is 55.4 Å². The van der Waals surface area contributed by atoms with Crippen molar-refractivity contribution in [1.29, 1.82) is 0 Å². The van der Waals surface area contributed by atoms with Crippen LogP contribution < -0.4 is 9.46 Å². The molecule has 0 bridgehead atoms. The van der Waals surface area contributed by atoms with Crippen LogP contribution >= 0.6 is 0 Å². The first-order valence-electron chi connectivity index (χ1n) is 7.72. The fourth-order valence-corrected chi connectivity index (χ4v) is 3.64. The normalized spacial score (nSPS) is 11.3. The predicted octanol–water partition coefficient (Wildman–Crippen LogP) is 4.15. The third-order valence-corrected chi connectivity index (χ3v) is 5.04. The van der Waals surface area contributed by atoms with Crippen LogP contribution in [0.5, 0.6) is 5.75 Å². The molecule has 1 N–H and O–H groups in total. The van der Waals surface area contributed by atoms with Gasteiger partial charge in [0.1, 0.15) is 10.6 Å². The molecule has 0 saturated carbocycles. The maximum Gasteiger partial charge on any atom is 0.265 e. The van der Waals surface area contributed by atoms with Crippen LogP contribution in [-0.2, 0) is 16.4 Å². The third kappa shape index (κ3) is 4.48. The summed E-state index contributed by atoms with van der Waals surface area (Å²) in [4.78, 5) is 0.148. The SMILES string of the molecule is CCCCc1ccc(NS(=O)(=O)c2cc(C)ccc2OC)cc1. The van der Waals surface area contributed by atoms with Crippen molar-refractivity contribution in [3.63, 3.8) is 0 Å². The van der Waals surface area contributed by atoms with E-state index < -0.39 is 10.0 Å². The lowest BCUT2D eigenvalue weighted by molar-refractivity contribution is 0.402. The summed E-state index contributed by atoms with van der Waals surface area (Å²) in [7, 11) is -2.22. The number of ether oxygens (including phenoxy) is 1. The Morgan fingerprint density at radius 3 is 2.39 bits per heavy atom. The van der Waals surface area contributed by atoms with E-state index in [-0.39, 0.29) is 4.90 Å². The number of nitrogens with one attached hydrogen (secondary N) is 1. The van der Waals surface area contributed by atoms with Crippen LogP contribution in [0.25, 0.3) is 0 Å². The minimum atomic E-state index is -3.68. The third-order valence-electron chi connectivity index (χ3n) is 3.63. The smallest absolute Gasteiger partial charge is 0.265 e. The van der Waals surface area contributed by atoms with E-state index in [0.29, 0.717) is 11.4 Å². The van der Waals surface area contributed by atoms with Gasteiger partial charge in [0, 0.05) is 5.69 Å². The van der Waals surface area contributed by atoms with Crippen LogP contribution in [0.2, 0.25) is 0 Å². The van der Waals surface area contributed by atoms with Crippen LogP contribution in [0.15, 0.2) is 47.4 Å². The first-order chi connectivity index (χ1) is 11.0. The highest BCUT2D eigenvalue weighted by molar-refractivity contribution is 7.92. The number of hydrogen-bond donors (Lipinski definition) is 1. The van der Waals surface area contributed by atoms with E-state index in [0.717, 1.165) is 24.8 Å². The molecule has 23 heavy (non-hydrogen) atoms. The molecule has 124 valence electrons. The largest absolute Gasteiger partial charge is 0.495 e. The number of rotatable bonds is 7. The minimum Gasteiger partial charge on any atom is -0.495 e. The average molecular weight is 333 g/mol. The quantitative estimate of drug-likeness (QED) is 0.828. The lowest BCUT2D eigenvalue weighted by Gasteiger charge is -2.12. The Bertz CT molecular complexity index is 752. The lowest BCUT2D eigenvalue weighted by Crippen LogP contribution is -2.14. The maximum atomic E-state index is 12.6. The van der Waals surface area contributed by atoms with Crippen molar-refractivity contribution in [3.8, 4) is 5.75 Å². The van der Waals surface area contributed by atoms with Gasteiger partial charge in [-0.05, 0) is 55.2 Å². The number of aryl methyl sites for hydroxylation is 2. The zero-order valence-corrected chi connectivity index (χ0v) is 14.6. The molecule has 0 fully saturated rings. The second-order valence-electron chi connectivity index (χ2n) is 5.56. The lowest BCUT2D eigenvalue weighted by atomic mass is 10.1. The van der Waals surface area contributed by atoms with Crippen molar-refractivity contribution < 1.29 is 13.2 Å². The molecule has 5 heteroatoms. The highest BCUT2D eigenvalue weighted by Gasteiger charge is 2.19. The first kappa shape index (κ1) is 17.3. The molecule has 2 aromatic rings. The molecule has 0 saturated heterocycles. The molecule has 0 aliphatic rings. The molecular weight excluding hydrogens is 310 g/mol. The zero-order chi connectivity index (χ0) is 16.9. The van der Waals surface area contributed by atoms with E-state index in [1.54, 1.807) is 24.3 Å². The molecule has 0 amide bonds. The van der Waals surface area contributed by atoms with Crippen LogP contribution in [-0.4, -0.2) is 15.5 Å². The summed E-state index contributed by atoms with van der Waals surface area (Å²) in [5.74, 6) is 0.336. The van der Waals surface area contributed by atoms with Gasteiger partial charge in [-0.2, -0.15) is 0 Å². The molecule has 0 atom stereocenters. The van der Waals surface area contributed by atoms with Crippen molar-refractivity contribution in [3.05, 3.63) is 53.6 Å². The minimum absolute atomic E-state index is 0.148. The number of benzene rings is 2. The molecule has 0 spiro atoms. The zero-order valence-electron chi connectivity index (χ0n) is 13.8. The van der Waals surface area contributed by atoms with E-state index in [9.17, 15) is 8.42 Å². The van der Waals surface area contributed by atoms with Crippen LogP contribution in [0.3, 0.4) is 0 Å². The van der Waals surface area contributed by atoms with Gasteiger partial charge >= 0.3 is 0 Å². The Kier molecular flexibility index (Phi) is 5.66. The number of unbranched alkanes of at least 4 members (excludes halogenated alkanes) is 1. The standard InChI is InChI=1S/C18H23NO3S/c1-4-5-6-15-8-10-16(11-9-15)19-23(20,21)18-13-14(2)7-12-17(18)22-3/h7-13,19H,4-6H2,1-3H3.